The molecule has 0 atom stereocenters. The van der Waals surface area contributed by atoms with Crippen molar-refractivity contribution in [2.45, 2.75) is 51.7 Å². The summed E-state index contributed by atoms with van der Waals surface area (Å²) in [5, 5.41) is 0. The fourth-order valence-corrected chi connectivity index (χ4v) is 3.85. The number of ether oxygens (including phenoxy) is 2. The zero-order chi connectivity index (χ0) is 23.1. The van der Waals surface area contributed by atoms with E-state index in [-0.39, 0.29) is 18.0 Å². The van der Waals surface area contributed by atoms with E-state index < -0.39 is 5.60 Å². The number of piperidine rings is 1. The SMILES string of the molecule is CN(CCCOc1ccccc1)C(=O)c1cccn1C1CCN(C(=O)OC(C)(C)C)CC1. The van der Waals surface area contributed by atoms with E-state index in [1.165, 1.54) is 0 Å². The Hall–Kier alpha value is -2.96. The van der Waals surface area contributed by atoms with Gasteiger partial charge < -0.3 is 23.8 Å². The van der Waals surface area contributed by atoms with Gasteiger partial charge >= 0.3 is 6.09 Å². The van der Waals surface area contributed by atoms with Crippen molar-refractivity contribution in [3.63, 3.8) is 0 Å². The third kappa shape index (κ3) is 6.52. The van der Waals surface area contributed by atoms with Gasteiger partial charge in [0.15, 0.2) is 0 Å². The second kappa shape index (κ2) is 10.6. The first-order valence-corrected chi connectivity index (χ1v) is 11.3. The van der Waals surface area contributed by atoms with Crippen LogP contribution >= 0.6 is 0 Å². The number of benzene rings is 1. The first-order chi connectivity index (χ1) is 15.2. The molecule has 1 aliphatic rings. The average molecular weight is 442 g/mol. The van der Waals surface area contributed by atoms with E-state index in [9.17, 15) is 9.59 Å². The van der Waals surface area contributed by atoms with Gasteiger partial charge in [-0.1, -0.05) is 18.2 Å². The first kappa shape index (κ1) is 23.7. The van der Waals surface area contributed by atoms with Crippen LogP contribution in [-0.4, -0.2) is 65.3 Å². The van der Waals surface area contributed by atoms with Gasteiger partial charge in [-0.3, -0.25) is 4.79 Å². The molecule has 2 aromatic rings. The van der Waals surface area contributed by atoms with Crippen molar-refractivity contribution in [3.05, 3.63) is 54.4 Å². The molecule has 1 aliphatic heterocycles. The lowest BCUT2D eigenvalue weighted by Crippen LogP contribution is -2.42. The molecule has 1 fully saturated rings. The van der Waals surface area contributed by atoms with Crippen LogP contribution in [0.4, 0.5) is 4.79 Å². The highest BCUT2D eigenvalue weighted by Crippen LogP contribution is 2.26. The number of hydrogen-bond acceptors (Lipinski definition) is 4. The molecule has 0 radical (unpaired) electrons. The second-order valence-electron chi connectivity index (χ2n) is 9.24. The molecule has 1 saturated heterocycles. The van der Waals surface area contributed by atoms with Gasteiger partial charge in [0.05, 0.1) is 6.61 Å². The highest BCUT2D eigenvalue weighted by Gasteiger charge is 2.29. The van der Waals surface area contributed by atoms with Gasteiger partial charge in [0.2, 0.25) is 0 Å². The van der Waals surface area contributed by atoms with Crippen LogP contribution in [0.1, 0.15) is 56.6 Å². The normalized spacial score (nSPS) is 14.8. The van der Waals surface area contributed by atoms with E-state index in [1.807, 2.05) is 76.5 Å². The minimum absolute atomic E-state index is 0.00397. The van der Waals surface area contributed by atoms with Crippen molar-refractivity contribution in [2.75, 3.05) is 33.3 Å². The van der Waals surface area contributed by atoms with Crippen molar-refractivity contribution in [3.8, 4) is 5.75 Å². The highest BCUT2D eigenvalue weighted by atomic mass is 16.6. The van der Waals surface area contributed by atoms with Gasteiger partial charge in [0.25, 0.3) is 5.91 Å². The Bertz CT molecular complexity index is 880. The average Bonchev–Trinajstić information content (AvgIpc) is 3.25. The number of likely N-dealkylation sites (tertiary alicyclic amines) is 1. The van der Waals surface area contributed by atoms with E-state index in [4.69, 9.17) is 9.47 Å². The number of hydrogen-bond donors (Lipinski definition) is 0. The number of para-hydroxylation sites is 1. The summed E-state index contributed by atoms with van der Waals surface area (Å²) in [5.41, 5.74) is 0.192. The van der Waals surface area contributed by atoms with Crippen LogP contribution < -0.4 is 4.74 Å². The lowest BCUT2D eigenvalue weighted by atomic mass is 10.0. The zero-order valence-corrected chi connectivity index (χ0v) is 19.6. The fraction of sp³-hybridized carbons (Fsp3) is 0.520. The smallest absolute Gasteiger partial charge is 0.410 e. The lowest BCUT2D eigenvalue weighted by Gasteiger charge is -2.34. The quantitative estimate of drug-likeness (QED) is 0.589. The maximum Gasteiger partial charge on any atom is 0.410 e. The zero-order valence-electron chi connectivity index (χ0n) is 19.6. The van der Waals surface area contributed by atoms with E-state index in [1.54, 1.807) is 9.80 Å². The Balaban J connectivity index is 1.49. The summed E-state index contributed by atoms with van der Waals surface area (Å²) in [6.07, 6.45) is 4.04. The van der Waals surface area contributed by atoms with Gasteiger partial charge in [-0.25, -0.2) is 4.79 Å². The number of nitrogens with zero attached hydrogens (tertiary/aromatic N) is 3. The highest BCUT2D eigenvalue weighted by molar-refractivity contribution is 5.92. The van der Waals surface area contributed by atoms with Gasteiger partial charge in [-0.15, -0.1) is 0 Å². The van der Waals surface area contributed by atoms with Crippen LogP contribution in [0.3, 0.4) is 0 Å². The standard InChI is InChI=1S/C25H35N3O4/c1-25(2,3)32-24(30)27-17-13-20(14-18-27)28-16-8-12-22(28)23(29)26(4)15-9-19-31-21-10-6-5-7-11-21/h5-8,10-12,16,20H,9,13-15,17-19H2,1-4H3. The van der Waals surface area contributed by atoms with Crippen LogP contribution in [0, 0.1) is 0 Å². The number of rotatable bonds is 7. The predicted molar refractivity (Wildman–Crippen MR) is 124 cm³/mol. The first-order valence-electron chi connectivity index (χ1n) is 11.3. The third-order valence-electron chi connectivity index (χ3n) is 5.50. The van der Waals surface area contributed by atoms with Crippen LogP contribution in [-0.2, 0) is 4.74 Å². The van der Waals surface area contributed by atoms with Crippen LogP contribution in [0.15, 0.2) is 48.7 Å². The topological polar surface area (TPSA) is 64.0 Å². The van der Waals surface area contributed by atoms with Gasteiger partial charge in [-0.2, -0.15) is 0 Å². The molecule has 174 valence electrons. The van der Waals surface area contributed by atoms with E-state index in [2.05, 4.69) is 4.57 Å². The van der Waals surface area contributed by atoms with Gasteiger partial charge in [0.1, 0.15) is 17.0 Å². The largest absolute Gasteiger partial charge is 0.494 e. The van der Waals surface area contributed by atoms with Crippen LogP contribution in [0.5, 0.6) is 5.75 Å². The number of carbonyl (C=O) groups is 2. The monoisotopic (exact) mass is 441 g/mol. The molecule has 0 bridgehead atoms. The summed E-state index contributed by atoms with van der Waals surface area (Å²) < 4.78 is 13.3. The van der Waals surface area contributed by atoms with Crippen LogP contribution in [0.25, 0.3) is 0 Å². The summed E-state index contributed by atoms with van der Waals surface area (Å²) in [7, 11) is 1.83. The van der Waals surface area contributed by atoms with E-state index in [0.29, 0.717) is 31.9 Å². The van der Waals surface area contributed by atoms with Crippen molar-refractivity contribution in [2.24, 2.45) is 0 Å². The lowest BCUT2D eigenvalue weighted by molar-refractivity contribution is 0.0186. The Morgan fingerprint density at radius 2 is 1.75 bits per heavy atom. The van der Waals surface area contributed by atoms with E-state index >= 15 is 0 Å². The van der Waals surface area contributed by atoms with Crippen molar-refractivity contribution < 1.29 is 19.1 Å². The molecule has 2 amide bonds. The molecule has 0 spiro atoms. The summed E-state index contributed by atoms with van der Waals surface area (Å²) in [5.74, 6) is 0.845. The molecular formula is C25H35N3O4. The summed E-state index contributed by atoms with van der Waals surface area (Å²) >= 11 is 0. The van der Waals surface area contributed by atoms with Crippen molar-refractivity contribution in [1.82, 2.24) is 14.4 Å². The fourth-order valence-electron chi connectivity index (χ4n) is 3.85. The maximum absolute atomic E-state index is 13.0. The maximum atomic E-state index is 13.0. The molecule has 32 heavy (non-hydrogen) atoms. The Morgan fingerprint density at radius 1 is 1.06 bits per heavy atom. The third-order valence-corrected chi connectivity index (χ3v) is 5.50. The minimum Gasteiger partial charge on any atom is -0.494 e. The van der Waals surface area contributed by atoms with Crippen molar-refractivity contribution in [1.29, 1.82) is 0 Å². The number of amides is 2. The van der Waals surface area contributed by atoms with Gasteiger partial charge in [0, 0.05) is 38.9 Å². The minimum atomic E-state index is -0.495. The molecular weight excluding hydrogens is 406 g/mol. The molecule has 0 N–H and O–H groups in total. The van der Waals surface area contributed by atoms with Crippen molar-refractivity contribution >= 4 is 12.0 Å². The molecule has 3 rings (SSSR count). The number of aromatic nitrogens is 1. The van der Waals surface area contributed by atoms with Gasteiger partial charge in [-0.05, 0) is 64.3 Å². The molecule has 1 aromatic heterocycles. The number of carbonyl (C=O) groups excluding carboxylic acids is 2. The molecule has 7 heteroatoms. The van der Waals surface area contributed by atoms with E-state index in [0.717, 1.165) is 25.0 Å². The molecule has 0 unspecified atom stereocenters. The Morgan fingerprint density at radius 3 is 2.41 bits per heavy atom. The Labute approximate surface area is 190 Å². The Kier molecular flexibility index (Phi) is 7.83. The predicted octanol–water partition coefficient (Wildman–Crippen LogP) is 4.60. The molecule has 1 aromatic carbocycles. The molecule has 7 nitrogen and oxygen atoms in total. The summed E-state index contributed by atoms with van der Waals surface area (Å²) in [6.45, 7) is 8.05. The van der Waals surface area contributed by atoms with Crippen LogP contribution in [0.2, 0.25) is 0 Å². The molecule has 0 saturated carbocycles. The summed E-state index contributed by atoms with van der Waals surface area (Å²) in [4.78, 5) is 28.9. The summed E-state index contributed by atoms with van der Waals surface area (Å²) in [6, 6.07) is 13.7. The molecule has 0 aliphatic carbocycles. The molecule has 2 heterocycles. The second-order valence-corrected chi connectivity index (χ2v) is 9.24.